The van der Waals surface area contributed by atoms with Crippen LogP contribution in [0.1, 0.15) is 22.8 Å². The zero-order valence-corrected chi connectivity index (χ0v) is 15.0. The summed E-state index contributed by atoms with van der Waals surface area (Å²) < 4.78 is 14.2. The molecule has 1 aromatic heterocycles. The SMILES string of the molecule is O=C1C[C@@H](c2cccc(Br)c2)c2scc(-c3ccc(F)cc3)c2N1. The molecule has 4 rings (SSSR count). The van der Waals surface area contributed by atoms with Crippen molar-refractivity contribution in [2.45, 2.75) is 12.3 Å². The topological polar surface area (TPSA) is 29.1 Å². The van der Waals surface area contributed by atoms with Crippen molar-refractivity contribution in [1.29, 1.82) is 0 Å². The second-order valence-corrected chi connectivity index (χ2v) is 7.58. The Balaban J connectivity index is 1.81. The number of hydrogen-bond acceptors (Lipinski definition) is 2. The lowest BCUT2D eigenvalue weighted by Gasteiger charge is -2.24. The van der Waals surface area contributed by atoms with Crippen LogP contribution >= 0.6 is 27.3 Å². The van der Waals surface area contributed by atoms with Gasteiger partial charge in [0.05, 0.1) is 5.69 Å². The summed E-state index contributed by atoms with van der Waals surface area (Å²) in [6.45, 7) is 0. The van der Waals surface area contributed by atoms with Gasteiger partial charge in [-0.3, -0.25) is 4.79 Å². The predicted molar refractivity (Wildman–Crippen MR) is 98.9 cm³/mol. The summed E-state index contributed by atoms with van der Waals surface area (Å²) in [5.41, 5.74) is 3.83. The molecule has 1 aliphatic rings. The molecule has 1 amide bonds. The first-order valence-corrected chi connectivity index (χ1v) is 9.22. The Morgan fingerprint density at radius 3 is 2.71 bits per heavy atom. The average Bonchev–Trinajstić information content (AvgIpc) is 2.98. The maximum atomic E-state index is 13.2. The maximum Gasteiger partial charge on any atom is 0.225 e. The summed E-state index contributed by atoms with van der Waals surface area (Å²) in [5.74, 6) is -0.210. The Hall–Kier alpha value is -1.98. The van der Waals surface area contributed by atoms with Crippen molar-refractivity contribution in [1.82, 2.24) is 0 Å². The van der Waals surface area contributed by atoms with E-state index in [0.29, 0.717) is 6.42 Å². The lowest BCUT2D eigenvalue weighted by atomic mass is 9.89. The molecule has 1 N–H and O–H groups in total. The molecule has 2 heterocycles. The summed E-state index contributed by atoms with van der Waals surface area (Å²) in [4.78, 5) is 13.4. The van der Waals surface area contributed by atoms with Gasteiger partial charge in [-0.15, -0.1) is 11.3 Å². The molecule has 0 saturated heterocycles. The smallest absolute Gasteiger partial charge is 0.225 e. The predicted octanol–water partition coefficient (Wildman–Crippen LogP) is 5.79. The van der Waals surface area contributed by atoms with Gasteiger partial charge >= 0.3 is 0 Å². The number of nitrogens with one attached hydrogen (secondary N) is 1. The number of fused-ring (bicyclic) bond motifs is 1. The molecule has 0 aliphatic carbocycles. The minimum Gasteiger partial charge on any atom is -0.325 e. The van der Waals surface area contributed by atoms with Crippen LogP contribution in [0, 0.1) is 5.82 Å². The summed E-state index contributed by atoms with van der Waals surface area (Å²) >= 11 is 5.14. The largest absolute Gasteiger partial charge is 0.325 e. The van der Waals surface area contributed by atoms with E-state index in [-0.39, 0.29) is 17.6 Å². The van der Waals surface area contributed by atoms with Gasteiger partial charge < -0.3 is 5.32 Å². The first-order valence-electron chi connectivity index (χ1n) is 7.54. The van der Waals surface area contributed by atoms with Crippen molar-refractivity contribution in [2.24, 2.45) is 0 Å². The highest BCUT2D eigenvalue weighted by atomic mass is 79.9. The molecule has 3 aromatic rings. The van der Waals surface area contributed by atoms with E-state index in [1.165, 1.54) is 12.1 Å². The molecule has 2 aromatic carbocycles. The highest BCUT2D eigenvalue weighted by molar-refractivity contribution is 9.10. The van der Waals surface area contributed by atoms with E-state index in [2.05, 4.69) is 33.4 Å². The van der Waals surface area contributed by atoms with Gasteiger partial charge in [0, 0.05) is 32.6 Å². The molecular formula is C19H13BrFNOS. The van der Waals surface area contributed by atoms with E-state index in [4.69, 9.17) is 0 Å². The number of thiophene rings is 1. The third-order valence-electron chi connectivity index (χ3n) is 4.20. The van der Waals surface area contributed by atoms with E-state index in [1.807, 2.05) is 17.5 Å². The summed E-state index contributed by atoms with van der Waals surface area (Å²) in [6, 6.07) is 14.4. The second kappa shape index (κ2) is 6.15. The van der Waals surface area contributed by atoms with Crippen LogP contribution in [0.25, 0.3) is 11.1 Å². The van der Waals surface area contributed by atoms with Crippen LogP contribution in [0.15, 0.2) is 58.4 Å². The van der Waals surface area contributed by atoms with E-state index in [0.717, 1.165) is 31.7 Å². The van der Waals surface area contributed by atoms with E-state index < -0.39 is 0 Å². The molecule has 1 aliphatic heterocycles. The normalized spacial score (nSPS) is 16.6. The van der Waals surface area contributed by atoms with Gasteiger partial charge in [0.15, 0.2) is 0 Å². The highest BCUT2D eigenvalue weighted by Crippen LogP contribution is 2.46. The van der Waals surface area contributed by atoms with Crippen molar-refractivity contribution in [2.75, 3.05) is 5.32 Å². The van der Waals surface area contributed by atoms with Crippen molar-refractivity contribution in [3.8, 4) is 11.1 Å². The molecule has 0 saturated carbocycles. The van der Waals surface area contributed by atoms with Crippen LogP contribution in [0.2, 0.25) is 0 Å². The monoisotopic (exact) mass is 401 g/mol. The molecule has 0 spiro atoms. The fourth-order valence-electron chi connectivity index (χ4n) is 3.06. The van der Waals surface area contributed by atoms with E-state index >= 15 is 0 Å². The van der Waals surface area contributed by atoms with Crippen LogP contribution in [-0.4, -0.2) is 5.91 Å². The van der Waals surface area contributed by atoms with Gasteiger partial charge in [-0.2, -0.15) is 0 Å². The summed E-state index contributed by atoms with van der Waals surface area (Å²) in [7, 11) is 0. The lowest BCUT2D eigenvalue weighted by Crippen LogP contribution is -2.22. The van der Waals surface area contributed by atoms with Gasteiger partial charge in [0.25, 0.3) is 0 Å². The number of hydrogen-bond donors (Lipinski definition) is 1. The van der Waals surface area contributed by atoms with E-state index in [1.54, 1.807) is 23.5 Å². The van der Waals surface area contributed by atoms with Crippen LogP contribution in [0.5, 0.6) is 0 Å². The molecule has 5 heteroatoms. The summed E-state index contributed by atoms with van der Waals surface area (Å²) in [5, 5.41) is 5.04. The molecule has 0 radical (unpaired) electrons. The Labute approximate surface area is 151 Å². The molecule has 2 nitrogen and oxygen atoms in total. The molecule has 0 unspecified atom stereocenters. The molecule has 1 atom stereocenters. The quantitative estimate of drug-likeness (QED) is 0.578. The first-order chi connectivity index (χ1) is 11.6. The third kappa shape index (κ3) is 2.78. The Morgan fingerprint density at radius 2 is 1.96 bits per heavy atom. The van der Waals surface area contributed by atoms with Gasteiger partial charge in [0.2, 0.25) is 5.91 Å². The minimum atomic E-state index is -0.265. The maximum absolute atomic E-state index is 13.2. The standard InChI is InChI=1S/C19H13BrFNOS/c20-13-3-1-2-12(8-13)15-9-17(23)22-18-16(10-24-19(15)18)11-4-6-14(21)7-5-11/h1-8,10,15H,9H2,(H,22,23)/t15-/m0/s1. The number of halogens is 2. The van der Waals surface area contributed by atoms with E-state index in [9.17, 15) is 9.18 Å². The highest BCUT2D eigenvalue weighted by Gasteiger charge is 2.30. The molecule has 120 valence electrons. The minimum absolute atomic E-state index is 0.00855. The van der Waals surface area contributed by atoms with Crippen LogP contribution < -0.4 is 5.32 Å². The second-order valence-electron chi connectivity index (χ2n) is 5.76. The van der Waals surface area contributed by atoms with Crippen LogP contribution in [-0.2, 0) is 4.79 Å². The number of carbonyl (C=O) groups excluding carboxylic acids is 1. The lowest BCUT2D eigenvalue weighted by molar-refractivity contribution is -0.116. The fraction of sp³-hybridized carbons (Fsp3) is 0.105. The van der Waals surface area contributed by atoms with Crippen LogP contribution in [0.3, 0.4) is 0 Å². The number of rotatable bonds is 2. The van der Waals surface area contributed by atoms with Crippen molar-refractivity contribution >= 4 is 38.9 Å². The summed E-state index contributed by atoms with van der Waals surface area (Å²) in [6.07, 6.45) is 0.437. The Kier molecular flexibility index (Phi) is 3.98. The number of amides is 1. The first kappa shape index (κ1) is 15.5. The zero-order valence-electron chi connectivity index (χ0n) is 12.6. The number of benzene rings is 2. The van der Waals surface area contributed by atoms with Crippen molar-refractivity contribution < 1.29 is 9.18 Å². The van der Waals surface area contributed by atoms with Crippen molar-refractivity contribution in [3.05, 3.63) is 74.6 Å². The van der Waals surface area contributed by atoms with Gasteiger partial charge in [0.1, 0.15) is 5.82 Å². The fourth-order valence-corrected chi connectivity index (χ4v) is 4.64. The Bertz CT molecular complexity index is 919. The third-order valence-corrected chi connectivity index (χ3v) is 5.79. The average molecular weight is 402 g/mol. The number of anilines is 1. The molecule has 0 bridgehead atoms. The van der Waals surface area contributed by atoms with Gasteiger partial charge in [-0.1, -0.05) is 40.2 Å². The number of carbonyl (C=O) groups is 1. The Morgan fingerprint density at radius 1 is 1.17 bits per heavy atom. The van der Waals surface area contributed by atoms with Gasteiger partial charge in [-0.05, 0) is 35.4 Å². The van der Waals surface area contributed by atoms with Gasteiger partial charge in [-0.25, -0.2) is 4.39 Å². The zero-order chi connectivity index (χ0) is 16.7. The molecule has 24 heavy (non-hydrogen) atoms. The van der Waals surface area contributed by atoms with Crippen molar-refractivity contribution in [3.63, 3.8) is 0 Å². The molecular weight excluding hydrogens is 389 g/mol. The van der Waals surface area contributed by atoms with Crippen LogP contribution in [0.4, 0.5) is 10.1 Å². The molecule has 0 fully saturated rings.